The second-order valence-electron chi connectivity index (χ2n) is 4.10. The first-order valence-electron chi connectivity index (χ1n) is 5.97. The fourth-order valence-electron chi connectivity index (χ4n) is 2.14. The van der Waals surface area contributed by atoms with Crippen molar-refractivity contribution in [1.82, 2.24) is 14.5 Å². The zero-order valence-electron chi connectivity index (χ0n) is 9.95. The van der Waals surface area contributed by atoms with Crippen LogP contribution in [0.4, 0.5) is 0 Å². The largest absolute Gasteiger partial charge is 0.330 e. The van der Waals surface area contributed by atoms with Crippen molar-refractivity contribution in [2.75, 3.05) is 6.54 Å². The summed E-state index contributed by atoms with van der Waals surface area (Å²) in [5, 5.41) is 0. The van der Waals surface area contributed by atoms with Crippen LogP contribution in [0.5, 0.6) is 0 Å². The highest BCUT2D eigenvalue weighted by atomic mass is 15.1. The van der Waals surface area contributed by atoms with Crippen LogP contribution in [0.2, 0.25) is 0 Å². The van der Waals surface area contributed by atoms with Gasteiger partial charge in [0.15, 0.2) is 0 Å². The lowest BCUT2D eigenvalue weighted by Crippen LogP contribution is -2.08. The molecule has 0 unspecified atom stereocenters. The highest BCUT2D eigenvalue weighted by molar-refractivity contribution is 5.77. The van der Waals surface area contributed by atoms with Crippen LogP contribution in [0.25, 0.3) is 16.7 Å². The van der Waals surface area contributed by atoms with E-state index in [1.165, 1.54) is 0 Å². The molecule has 3 rings (SSSR count). The molecule has 2 N–H and O–H groups in total. The summed E-state index contributed by atoms with van der Waals surface area (Å²) < 4.78 is 2.12. The molecule has 4 nitrogen and oxygen atoms in total. The molecule has 0 saturated heterocycles. The topological polar surface area (TPSA) is 56.7 Å². The van der Waals surface area contributed by atoms with Gasteiger partial charge in [-0.05, 0) is 24.7 Å². The lowest BCUT2D eigenvalue weighted by molar-refractivity contribution is 0.848. The number of pyridine rings is 1. The molecule has 0 saturated carbocycles. The third kappa shape index (κ3) is 1.76. The van der Waals surface area contributed by atoms with Crippen LogP contribution < -0.4 is 5.73 Å². The summed E-state index contributed by atoms with van der Waals surface area (Å²) in [6, 6.07) is 12.1. The summed E-state index contributed by atoms with van der Waals surface area (Å²) in [5.41, 5.74) is 8.73. The third-order valence-electron chi connectivity index (χ3n) is 2.91. The molecule has 2 heterocycles. The standard InChI is InChI=1S/C14H14N4/c15-8-6-14-17-12-7-9-16-10-13(12)18(14)11-4-2-1-3-5-11/h1-5,7,9-10H,6,8,15H2. The Morgan fingerprint density at radius 2 is 1.94 bits per heavy atom. The third-order valence-corrected chi connectivity index (χ3v) is 2.91. The Balaban J connectivity index is 2.28. The predicted octanol–water partition coefficient (Wildman–Crippen LogP) is 1.92. The highest BCUT2D eigenvalue weighted by Crippen LogP contribution is 2.20. The van der Waals surface area contributed by atoms with E-state index < -0.39 is 0 Å². The van der Waals surface area contributed by atoms with Crippen LogP contribution in [0.15, 0.2) is 48.8 Å². The average Bonchev–Trinajstić information content (AvgIpc) is 2.78. The van der Waals surface area contributed by atoms with Crippen LogP contribution in [-0.4, -0.2) is 21.1 Å². The first kappa shape index (κ1) is 10.9. The quantitative estimate of drug-likeness (QED) is 0.758. The van der Waals surface area contributed by atoms with Gasteiger partial charge in [-0.1, -0.05) is 18.2 Å². The molecule has 0 aliphatic rings. The summed E-state index contributed by atoms with van der Waals surface area (Å²) in [6.07, 6.45) is 4.36. The summed E-state index contributed by atoms with van der Waals surface area (Å²) in [6.45, 7) is 0.587. The van der Waals surface area contributed by atoms with Gasteiger partial charge in [0.25, 0.3) is 0 Å². The fourth-order valence-corrected chi connectivity index (χ4v) is 2.14. The molecule has 0 atom stereocenters. The molecule has 0 radical (unpaired) electrons. The Morgan fingerprint density at radius 1 is 1.11 bits per heavy atom. The van der Waals surface area contributed by atoms with E-state index in [0.29, 0.717) is 6.54 Å². The number of hydrogen-bond donors (Lipinski definition) is 1. The minimum absolute atomic E-state index is 0.587. The Bertz CT molecular complexity index is 658. The number of nitrogens with two attached hydrogens (primary N) is 1. The Morgan fingerprint density at radius 3 is 2.72 bits per heavy atom. The van der Waals surface area contributed by atoms with Crippen molar-refractivity contribution in [3.8, 4) is 5.69 Å². The SMILES string of the molecule is NCCc1nc2ccncc2n1-c1ccccc1. The van der Waals surface area contributed by atoms with Crippen molar-refractivity contribution in [2.45, 2.75) is 6.42 Å². The fraction of sp³-hybridized carbons (Fsp3) is 0.143. The first-order valence-corrected chi connectivity index (χ1v) is 5.97. The van der Waals surface area contributed by atoms with E-state index in [1.54, 1.807) is 6.20 Å². The van der Waals surface area contributed by atoms with Crippen molar-refractivity contribution in [3.63, 3.8) is 0 Å². The minimum Gasteiger partial charge on any atom is -0.330 e. The maximum Gasteiger partial charge on any atom is 0.115 e. The molecule has 0 bridgehead atoms. The van der Waals surface area contributed by atoms with E-state index in [-0.39, 0.29) is 0 Å². The van der Waals surface area contributed by atoms with Crippen molar-refractivity contribution < 1.29 is 0 Å². The normalized spacial score (nSPS) is 10.9. The van der Waals surface area contributed by atoms with E-state index in [0.717, 1.165) is 29.0 Å². The van der Waals surface area contributed by atoms with Crippen LogP contribution in [0.3, 0.4) is 0 Å². The smallest absolute Gasteiger partial charge is 0.115 e. The monoisotopic (exact) mass is 238 g/mol. The van der Waals surface area contributed by atoms with Crippen LogP contribution in [0, 0.1) is 0 Å². The molecule has 18 heavy (non-hydrogen) atoms. The highest BCUT2D eigenvalue weighted by Gasteiger charge is 2.11. The van der Waals surface area contributed by atoms with Crippen LogP contribution in [-0.2, 0) is 6.42 Å². The zero-order chi connectivity index (χ0) is 12.4. The molecule has 0 amide bonds. The van der Waals surface area contributed by atoms with Crippen molar-refractivity contribution >= 4 is 11.0 Å². The van der Waals surface area contributed by atoms with Crippen LogP contribution >= 0.6 is 0 Å². The van der Waals surface area contributed by atoms with Crippen molar-refractivity contribution in [1.29, 1.82) is 0 Å². The molecule has 2 aromatic heterocycles. The number of aromatic nitrogens is 3. The van der Waals surface area contributed by atoms with Gasteiger partial charge in [0.05, 0.1) is 17.2 Å². The molecule has 0 aliphatic carbocycles. The Hall–Kier alpha value is -2.20. The summed E-state index contributed by atoms with van der Waals surface area (Å²) in [5.74, 6) is 0.978. The van der Waals surface area contributed by atoms with Gasteiger partial charge in [-0.25, -0.2) is 4.98 Å². The number of benzene rings is 1. The second kappa shape index (κ2) is 4.58. The lowest BCUT2D eigenvalue weighted by Gasteiger charge is -2.07. The molecule has 0 fully saturated rings. The Kier molecular flexibility index (Phi) is 2.78. The molecule has 0 aliphatic heterocycles. The summed E-state index contributed by atoms with van der Waals surface area (Å²) in [4.78, 5) is 8.80. The molecule has 3 aromatic rings. The Labute approximate surface area is 105 Å². The van der Waals surface area contributed by atoms with Gasteiger partial charge in [0, 0.05) is 18.3 Å². The molecular weight excluding hydrogens is 224 g/mol. The van der Waals surface area contributed by atoms with Gasteiger partial charge < -0.3 is 5.73 Å². The summed E-state index contributed by atoms with van der Waals surface area (Å²) >= 11 is 0. The van der Waals surface area contributed by atoms with E-state index in [2.05, 4.69) is 26.7 Å². The van der Waals surface area contributed by atoms with Crippen molar-refractivity contribution in [2.24, 2.45) is 5.73 Å². The predicted molar refractivity (Wildman–Crippen MR) is 71.6 cm³/mol. The van der Waals surface area contributed by atoms with Crippen molar-refractivity contribution in [3.05, 3.63) is 54.6 Å². The minimum atomic E-state index is 0.587. The molecule has 4 heteroatoms. The first-order chi connectivity index (χ1) is 8.90. The number of rotatable bonds is 3. The van der Waals surface area contributed by atoms with Crippen LogP contribution in [0.1, 0.15) is 5.82 Å². The zero-order valence-corrected chi connectivity index (χ0v) is 9.95. The molecule has 90 valence electrons. The molecule has 1 aromatic carbocycles. The molecule has 0 spiro atoms. The van der Waals surface area contributed by atoms with E-state index >= 15 is 0 Å². The number of fused-ring (bicyclic) bond motifs is 1. The second-order valence-corrected chi connectivity index (χ2v) is 4.10. The van der Waals surface area contributed by atoms with E-state index in [1.807, 2.05) is 30.5 Å². The number of para-hydroxylation sites is 1. The van der Waals surface area contributed by atoms with Gasteiger partial charge in [0.2, 0.25) is 0 Å². The average molecular weight is 238 g/mol. The number of nitrogens with zero attached hydrogens (tertiary/aromatic N) is 3. The van der Waals surface area contributed by atoms with Gasteiger partial charge >= 0.3 is 0 Å². The van der Waals surface area contributed by atoms with Gasteiger partial charge in [-0.3, -0.25) is 9.55 Å². The van der Waals surface area contributed by atoms with Gasteiger partial charge in [0.1, 0.15) is 5.82 Å². The van der Waals surface area contributed by atoms with E-state index in [4.69, 9.17) is 5.73 Å². The maximum absolute atomic E-state index is 5.66. The maximum atomic E-state index is 5.66. The summed E-state index contributed by atoms with van der Waals surface area (Å²) in [7, 11) is 0. The van der Waals surface area contributed by atoms with Gasteiger partial charge in [-0.15, -0.1) is 0 Å². The lowest BCUT2D eigenvalue weighted by atomic mass is 10.3. The number of hydrogen-bond acceptors (Lipinski definition) is 3. The molecular formula is C14H14N4. The number of imidazole rings is 1. The van der Waals surface area contributed by atoms with E-state index in [9.17, 15) is 0 Å². The van der Waals surface area contributed by atoms with Gasteiger partial charge in [-0.2, -0.15) is 0 Å².